The number of hydrogen-bond acceptors (Lipinski definition) is 15. The fourth-order valence-electron chi connectivity index (χ4n) is 12.2. The standard InChI is InChI=1S/C62H68FN11O13/c1-8-62(85)40-23-45-51-38(26-73(45)56(80)39(40)28-86-57(62)81)48-42(19-20-61(7)31(6)41(63)24-44(67-51)49(48)61)69-60(84)87-27-32-11-15-34(16-12-32)66-54(78)43(10-9-21-65-58(64)82)68-55(79)50(30(4)5)70-53(77)33-13-17-35(18-14-33)74-52(71-72-59(74)83)37-22-36(29(2)3)46(75)25-47(37)76/h11-18,22-25,29-31,42-43,50,75-76,85H,8-10,19-21,26-28H2,1-7H3,(H,66,78)(H,68,79)(H,69,84)(H,70,77)(H,72,83)(H3,64,65,82)/t31?,42-,43-,50-,61?,62-/m0/s1. The molecular formula is C62H68FN11O13. The second kappa shape index (κ2) is 23.7. The Morgan fingerprint density at radius 1 is 0.954 bits per heavy atom. The maximum atomic E-state index is 15.8. The first-order valence-corrected chi connectivity index (χ1v) is 28.8. The molecule has 0 saturated heterocycles. The topological polar surface area (TPSA) is 353 Å². The van der Waals surface area contributed by atoms with Crippen molar-refractivity contribution < 1.29 is 58.0 Å². The zero-order valence-corrected chi connectivity index (χ0v) is 48.9. The molecule has 0 spiro atoms. The average molecular weight is 1190 g/mol. The number of aromatic nitrogens is 5. The van der Waals surface area contributed by atoms with Crippen molar-refractivity contribution in [2.24, 2.45) is 17.6 Å². The molecule has 11 N–H and O–H groups in total. The fraction of sp³-hybridized carbons (Fsp3) is 0.387. The summed E-state index contributed by atoms with van der Waals surface area (Å²) < 4.78 is 29.5. The first-order chi connectivity index (χ1) is 41.3. The molecule has 2 aliphatic carbocycles. The number of nitrogens with zero attached hydrogens (tertiary/aromatic N) is 4. The monoisotopic (exact) mass is 1190 g/mol. The summed E-state index contributed by atoms with van der Waals surface area (Å²) in [5.74, 6) is -4.66. The number of pyridine rings is 2. The largest absolute Gasteiger partial charge is 0.508 e. The molecule has 456 valence electrons. The van der Waals surface area contributed by atoms with E-state index in [9.17, 15) is 53.7 Å². The fourth-order valence-corrected chi connectivity index (χ4v) is 12.2. The van der Waals surface area contributed by atoms with Gasteiger partial charge in [-0.1, -0.05) is 60.6 Å². The molecule has 6 amide bonds. The van der Waals surface area contributed by atoms with Crippen LogP contribution in [0.4, 0.5) is 19.7 Å². The molecule has 10 rings (SSSR count). The van der Waals surface area contributed by atoms with E-state index >= 15 is 4.39 Å². The summed E-state index contributed by atoms with van der Waals surface area (Å²) >= 11 is 0. The van der Waals surface area contributed by atoms with Crippen LogP contribution in [0.25, 0.3) is 34.5 Å². The third-order valence-electron chi connectivity index (χ3n) is 17.3. The summed E-state index contributed by atoms with van der Waals surface area (Å²) in [6, 6.07) is 12.8. The smallest absolute Gasteiger partial charge is 0.407 e. The number of aromatic hydroxyl groups is 2. The highest BCUT2D eigenvalue weighted by molar-refractivity contribution is 6.00. The molecule has 0 fully saturated rings. The molecule has 3 aromatic heterocycles. The van der Waals surface area contributed by atoms with Gasteiger partial charge in [-0.05, 0) is 121 Å². The molecule has 6 aromatic rings. The molecule has 25 heteroatoms. The highest BCUT2D eigenvalue weighted by Crippen LogP contribution is 2.55. The zero-order chi connectivity index (χ0) is 62.6. The molecule has 2 unspecified atom stereocenters. The number of ether oxygens (including phenoxy) is 2. The number of aliphatic hydroxyl groups is 1. The van der Waals surface area contributed by atoms with Crippen molar-refractivity contribution in [1.29, 1.82) is 0 Å². The molecule has 4 aliphatic rings. The van der Waals surface area contributed by atoms with Crippen LogP contribution in [-0.2, 0) is 54.6 Å². The number of hydrogen-bond donors (Lipinski definition) is 10. The lowest BCUT2D eigenvalue weighted by Crippen LogP contribution is -2.54. The predicted octanol–water partition coefficient (Wildman–Crippen LogP) is 6.31. The summed E-state index contributed by atoms with van der Waals surface area (Å²) in [4.78, 5) is 112. The second-order valence-corrected chi connectivity index (χ2v) is 23.4. The lowest BCUT2D eigenvalue weighted by atomic mass is 9.60. The number of benzene rings is 3. The first-order valence-electron chi connectivity index (χ1n) is 28.8. The van der Waals surface area contributed by atoms with Crippen LogP contribution in [0.3, 0.4) is 0 Å². The van der Waals surface area contributed by atoms with Crippen LogP contribution in [0.1, 0.15) is 148 Å². The summed E-state index contributed by atoms with van der Waals surface area (Å²) in [6.07, 6.45) is 1.71. The van der Waals surface area contributed by atoms with Gasteiger partial charge in [0.15, 0.2) is 11.4 Å². The van der Waals surface area contributed by atoms with Crippen LogP contribution in [0, 0.1) is 11.8 Å². The van der Waals surface area contributed by atoms with E-state index in [1.54, 1.807) is 57.2 Å². The Morgan fingerprint density at radius 2 is 1.68 bits per heavy atom. The maximum Gasteiger partial charge on any atom is 0.407 e. The van der Waals surface area contributed by atoms with Crippen LogP contribution in [-0.4, -0.2) is 94.1 Å². The zero-order valence-electron chi connectivity index (χ0n) is 48.9. The van der Waals surface area contributed by atoms with Gasteiger partial charge in [0.1, 0.15) is 42.6 Å². The number of rotatable bonds is 18. The normalized spacial score (nSPS) is 19.5. The van der Waals surface area contributed by atoms with Gasteiger partial charge in [-0.25, -0.2) is 38.2 Å². The molecule has 0 bridgehead atoms. The second-order valence-electron chi connectivity index (χ2n) is 23.4. The molecule has 0 radical (unpaired) electrons. The van der Waals surface area contributed by atoms with Crippen LogP contribution in [0.2, 0.25) is 0 Å². The molecule has 3 aromatic carbocycles. The molecule has 5 heterocycles. The quantitative estimate of drug-likeness (QED) is 0.0333. The van der Waals surface area contributed by atoms with Crippen LogP contribution < -0.4 is 43.6 Å². The number of amides is 6. The van der Waals surface area contributed by atoms with Crippen molar-refractivity contribution >= 4 is 47.6 Å². The van der Waals surface area contributed by atoms with Gasteiger partial charge < -0.3 is 61.7 Å². The summed E-state index contributed by atoms with van der Waals surface area (Å²) in [7, 11) is 0. The third kappa shape index (κ3) is 11.3. The lowest BCUT2D eigenvalue weighted by Gasteiger charge is -2.46. The summed E-state index contributed by atoms with van der Waals surface area (Å²) in [5.41, 5.74) is 6.84. The van der Waals surface area contributed by atoms with Gasteiger partial charge in [0.2, 0.25) is 11.8 Å². The van der Waals surface area contributed by atoms with E-state index in [1.165, 1.54) is 45.5 Å². The number of H-pyrrole nitrogens is 1. The number of phenolic OH excluding ortho intramolecular Hbond substituents is 2. The van der Waals surface area contributed by atoms with E-state index in [1.807, 2.05) is 27.7 Å². The van der Waals surface area contributed by atoms with Gasteiger partial charge in [0.25, 0.3) is 11.5 Å². The van der Waals surface area contributed by atoms with Gasteiger partial charge in [-0.3, -0.25) is 19.2 Å². The number of carbonyl (C=O) groups excluding carboxylic acids is 6. The van der Waals surface area contributed by atoms with Crippen molar-refractivity contribution in [1.82, 2.24) is 45.6 Å². The number of halogens is 1. The Morgan fingerprint density at radius 3 is 2.36 bits per heavy atom. The van der Waals surface area contributed by atoms with Crippen molar-refractivity contribution in [3.8, 4) is 40.0 Å². The predicted molar refractivity (Wildman–Crippen MR) is 315 cm³/mol. The van der Waals surface area contributed by atoms with E-state index < -0.39 is 88.0 Å². The molecule has 2 aliphatic heterocycles. The molecule has 87 heavy (non-hydrogen) atoms. The molecular weight excluding hydrogens is 1130 g/mol. The van der Waals surface area contributed by atoms with Crippen molar-refractivity contribution in [3.05, 3.63) is 144 Å². The summed E-state index contributed by atoms with van der Waals surface area (Å²) in [5, 5.41) is 52.9. The molecule has 6 atom stereocenters. The number of nitrogens with two attached hydrogens (primary N) is 1. The summed E-state index contributed by atoms with van der Waals surface area (Å²) in [6.45, 7) is 12.2. The number of urea groups is 1. The Kier molecular flexibility index (Phi) is 16.4. The van der Waals surface area contributed by atoms with E-state index in [2.05, 4.69) is 36.8 Å². The Bertz CT molecular complexity index is 3950. The molecule has 24 nitrogen and oxygen atoms in total. The number of anilines is 1. The number of alkyl carbamates (subject to hydrolysis) is 1. The number of cyclic esters (lactones) is 1. The van der Waals surface area contributed by atoms with Gasteiger partial charge in [-0.2, -0.15) is 5.10 Å². The number of phenols is 2. The van der Waals surface area contributed by atoms with Crippen molar-refractivity contribution in [3.63, 3.8) is 0 Å². The lowest BCUT2D eigenvalue weighted by molar-refractivity contribution is -0.172. The number of esters is 1. The van der Waals surface area contributed by atoms with Gasteiger partial charge in [0.05, 0.1) is 46.5 Å². The number of aromatic amines is 1. The number of allylic oxidation sites excluding steroid dienone is 1. The third-order valence-corrected chi connectivity index (χ3v) is 17.3. The van der Waals surface area contributed by atoms with Gasteiger partial charge in [-0.15, -0.1) is 0 Å². The molecule has 0 saturated carbocycles. The first kappa shape index (κ1) is 60.5. The Labute approximate surface area is 497 Å². The van der Waals surface area contributed by atoms with Crippen molar-refractivity contribution in [2.75, 3.05) is 11.9 Å². The van der Waals surface area contributed by atoms with Gasteiger partial charge in [0, 0.05) is 46.3 Å². The van der Waals surface area contributed by atoms with Gasteiger partial charge >= 0.3 is 23.8 Å². The van der Waals surface area contributed by atoms with E-state index in [0.717, 1.165) is 5.56 Å². The van der Waals surface area contributed by atoms with E-state index in [-0.39, 0.29) is 103 Å². The number of nitrogens with one attached hydrogen (secondary N) is 6. The Balaban J connectivity index is 0.800. The van der Waals surface area contributed by atoms with E-state index in [0.29, 0.717) is 57.9 Å². The average Bonchev–Trinajstić information content (AvgIpc) is 1.69. The highest BCUT2D eigenvalue weighted by Gasteiger charge is 2.50. The number of fused-ring (bicyclic) bond motifs is 5. The Hall–Kier alpha value is -9.65. The number of carbonyl (C=O) groups is 6. The van der Waals surface area contributed by atoms with Crippen molar-refractivity contribution in [2.45, 2.75) is 135 Å². The maximum absolute atomic E-state index is 15.8. The van der Waals surface area contributed by atoms with Crippen LogP contribution >= 0.6 is 0 Å². The van der Waals surface area contributed by atoms with Crippen LogP contribution in [0.5, 0.6) is 11.5 Å². The van der Waals surface area contributed by atoms with Crippen LogP contribution in [0.15, 0.2) is 82.1 Å². The van der Waals surface area contributed by atoms with E-state index in [4.69, 9.17) is 20.2 Å². The number of primary amides is 1. The highest BCUT2D eigenvalue weighted by atomic mass is 19.1. The minimum Gasteiger partial charge on any atom is -0.508 e. The minimum atomic E-state index is -2.06. The minimum absolute atomic E-state index is 0.0430. The SMILES string of the molecule is CC[C@@]1(O)C(=O)OCc2c1cc1n(c2=O)Cc2c-1nc1c3c2[C@@H](NC(=O)OCc2ccc(NC(=O)[C@H](CCCNC(N)=O)NC(=O)[C@@H](NC(=O)c4ccc(-n5c(-c6cc(C(C)C)c(O)cc6O)n[nH]c5=O)cc4)C(C)C)cc2)CCC3(C)C(C)C(F)=C1.